The van der Waals surface area contributed by atoms with Gasteiger partial charge in [0.05, 0.1) is 18.9 Å². The second kappa shape index (κ2) is 6.62. The van der Waals surface area contributed by atoms with Crippen LogP contribution in [-0.4, -0.2) is 40.2 Å². The summed E-state index contributed by atoms with van der Waals surface area (Å²) in [6.07, 6.45) is 1.58. The van der Waals surface area contributed by atoms with Crippen LogP contribution in [0.1, 0.15) is 19.5 Å². The van der Waals surface area contributed by atoms with Gasteiger partial charge < -0.3 is 19.3 Å². The van der Waals surface area contributed by atoms with Gasteiger partial charge in [-0.1, -0.05) is 0 Å². The second-order valence-corrected chi connectivity index (χ2v) is 5.82. The van der Waals surface area contributed by atoms with Crippen LogP contribution in [0.15, 0.2) is 36.5 Å². The lowest BCUT2D eigenvalue weighted by Gasteiger charge is -2.17. The van der Waals surface area contributed by atoms with E-state index in [0.29, 0.717) is 24.7 Å². The van der Waals surface area contributed by atoms with Gasteiger partial charge in [0.25, 0.3) is 0 Å². The summed E-state index contributed by atoms with van der Waals surface area (Å²) in [7, 11) is 0. The van der Waals surface area contributed by atoms with Gasteiger partial charge >= 0.3 is 0 Å². The van der Waals surface area contributed by atoms with E-state index in [1.165, 1.54) is 0 Å². The molecule has 6 nitrogen and oxygen atoms in total. The summed E-state index contributed by atoms with van der Waals surface area (Å²) in [5.74, 6) is 0.796. The first kappa shape index (κ1) is 15.9. The topological polar surface area (TPSA) is 73.7 Å². The molecule has 2 heterocycles. The smallest absolute Gasteiger partial charge is 0.163 e. The van der Waals surface area contributed by atoms with Gasteiger partial charge in [-0.25, -0.2) is 9.97 Å². The lowest BCUT2D eigenvalue weighted by molar-refractivity contribution is -0.141. The zero-order valence-electron chi connectivity index (χ0n) is 13.2. The van der Waals surface area contributed by atoms with Gasteiger partial charge in [-0.2, -0.15) is 0 Å². The third kappa shape index (κ3) is 4.04. The van der Waals surface area contributed by atoms with Crippen LogP contribution in [-0.2, 0) is 16.1 Å². The number of aromatic nitrogens is 2. The van der Waals surface area contributed by atoms with E-state index >= 15 is 0 Å². The Morgan fingerprint density at radius 2 is 2.04 bits per heavy atom. The first-order valence-corrected chi connectivity index (χ1v) is 7.53. The van der Waals surface area contributed by atoms with Crippen molar-refractivity contribution in [2.45, 2.75) is 32.3 Å². The first-order valence-electron chi connectivity index (χ1n) is 7.53. The van der Waals surface area contributed by atoms with Crippen molar-refractivity contribution in [2.24, 2.45) is 0 Å². The molecule has 0 spiro atoms. The molecule has 2 aromatic rings. The molecule has 6 heteroatoms. The van der Waals surface area contributed by atoms with E-state index in [-0.39, 0.29) is 12.7 Å². The fraction of sp³-hybridized carbons (Fsp3) is 0.412. The van der Waals surface area contributed by atoms with Crippen molar-refractivity contribution in [3.63, 3.8) is 0 Å². The SMILES string of the molecule is CC1(C)OC[C@H](COc2ccc(-c3nccc(CO)n3)cc2)O1. The summed E-state index contributed by atoms with van der Waals surface area (Å²) in [5, 5.41) is 9.13. The molecular formula is C17H20N2O4. The Bertz CT molecular complexity index is 658. The average Bonchev–Trinajstić information content (AvgIpc) is 2.92. The molecule has 1 fully saturated rings. The molecule has 1 N–H and O–H groups in total. The number of hydrogen-bond donors (Lipinski definition) is 1. The van der Waals surface area contributed by atoms with Crippen molar-refractivity contribution in [3.8, 4) is 17.1 Å². The Balaban J connectivity index is 1.61. The third-order valence-corrected chi connectivity index (χ3v) is 3.49. The molecule has 1 aliphatic rings. The van der Waals surface area contributed by atoms with Crippen molar-refractivity contribution in [2.75, 3.05) is 13.2 Å². The predicted octanol–water partition coefficient (Wildman–Crippen LogP) is 2.17. The molecule has 1 aromatic carbocycles. The minimum Gasteiger partial charge on any atom is -0.491 e. The zero-order valence-corrected chi connectivity index (χ0v) is 13.2. The quantitative estimate of drug-likeness (QED) is 0.911. The van der Waals surface area contributed by atoms with Crippen LogP contribution in [0.4, 0.5) is 0 Å². The third-order valence-electron chi connectivity index (χ3n) is 3.49. The summed E-state index contributed by atoms with van der Waals surface area (Å²) in [6.45, 7) is 4.66. The Morgan fingerprint density at radius 1 is 1.26 bits per heavy atom. The Hall–Kier alpha value is -2.02. The number of benzene rings is 1. The molecule has 0 amide bonds. The van der Waals surface area contributed by atoms with Crippen LogP contribution in [0, 0.1) is 0 Å². The molecule has 0 saturated carbocycles. The maximum Gasteiger partial charge on any atom is 0.163 e. The average molecular weight is 316 g/mol. The number of hydrogen-bond acceptors (Lipinski definition) is 6. The van der Waals surface area contributed by atoms with Crippen LogP contribution in [0.2, 0.25) is 0 Å². The number of aliphatic hydroxyl groups is 1. The summed E-state index contributed by atoms with van der Waals surface area (Å²) < 4.78 is 16.9. The largest absolute Gasteiger partial charge is 0.491 e. The molecule has 3 rings (SSSR count). The fourth-order valence-electron chi connectivity index (χ4n) is 2.36. The zero-order chi connectivity index (χ0) is 16.3. The van der Waals surface area contributed by atoms with E-state index in [0.717, 1.165) is 11.3 Å². The van der Waals surface area contributed by atoms with E-state index in [2.05, 4.69) is 9.97 Å². The highest BCUT2D eigenvalue weighted by atomic mass is 16.7. The highest BCUT2D eigenvalue weighted by molar-refractivity contribution is 5.56. The monoisotopic (exact) mass is 316 g/mol. The van der Waals surface area contributed by atoms with Crippen molar-refractivity contribution in [3.05, 3.63) is 42.2 Å². The Labute approximate surface area is 135 Å². The molecule has 1 aromatic heterocycles. The second-order valence-electron chi connectivity index (χ2n) is 5.82. The Kier molecular flexibility index (Phi) is 4.56. The van der Waals surface area contributed by atoms with Gasteiger partial charge in [0.1, 0.15) is 18.5 Å². The highest BCUT2D eigenvalue weighted by Crippen LogP contribution is 2.24. The molecule has 0 bridgehead atoms. The first-order chi connectivity index (χ1) is 11.1. The molecule has 1 atom stereocenters. The molecule has 23 heavy (non-hydrogen) atoms. The van der Waals surface area contributed by atoms with Crippen molar-refractivity contribution < 1.29 is 19.3 Å². The number of ether oxygens (including phenoxy) is 3. The standard InChI is InChI=1S/C17H20N2O4/c1-17(2)22-11-15(23-17)10-21-14-5-3-12(4-6-14)16-18-8-7-13(9-20)19-16/h3-8,15,20H,9-11H2,1-2H3/t15-/m0/s1. The summed E-state index contributed by atoms with van der Waals surface area (Å²) >= 11 is 0. The normalized spacial score (nSPS) is 19.7. The lowest BCUT2D eigenvalue weighted by Crippen LogP contribution is -2.25. The number of rotatable bonds is 5. The van der Waals surface area contributed by atoms with Crippen LogP contribution < -0.4 is 4.74 Å². The van der Waals surface area contributed by atoms with Crippen LogP contribution in [0.25, 0.3) is 11.4 Å². The van der Waals surface area contributed by atoms with Crippen LogP contribution in [0.5, 0.6) is 5.75 Å². The van der Waals surface area contributed by atoms with Gasteiger partial charge in [0.2, 0.25) is 0 Å². The lowest BCUT2D eigenvalue weighted by atomic mass is 10.2. The molecule has 0 unspecified atom stereocenters. The van der Waals surface area contributed by atoms with E-state index in [1.54, 1.807) is 12.3 Å². The maximum atomic E-state index is 9.13. The molecule has 1 aliphatic heterocycles. The maximum absolute atomic E-state index is 9.13. The van der Waals surface area contributed by atoms with Crippen LogP contribution >= 0.6 is 0 Å². The highest BCUT2D eigenvalue weighted by Gasteiger charge is 2.32. The minimum atomic E-state index is -0.535. The van der Waals surface area contributed by atoms with Crippen molar-refractivity contribution >= 4 is 0 Å². The van der Waals surface area contributed by atoms with Gasteiger partial charge in [-0.05, 0) is 44.2 Å². The number of nitrogens with zero attached hydrogens (tertiary/aromatic N) is 2. The molecule has 0 aliphatic carbocycles. The molecule has 1 saturated heterocycles. The van der Waals surface area contributed by atoms with Gasteiger partial charge in [-0.3, -0.25) is 0 Å². The van der Waals surface area contributed by atoms with E-state index in [9.17, 15) is 0 Å². The summed E-state index contributed by atoms with van der Waals surface area (Å²) in [5.41, 5.74) is 1.46. The van der Waals surface area contributed by atoms with Crippen molar-refractivity contribution in [1.82, 2.24) is 9.97 Å². The minimum absolute atomic E-state index is 0.0609. The van der Waals surface area contributed by atoms with Gasteiger partial charge in [0.15, 0.2) is 11.6 Å². The van der Waals surface area contributed by atoms with Crippen molar-refractivity contribution in [1.29, 1.82) is 0 Å². The van der Waals surface area contributed by atoms with E-state index in [4.69, 9.17) is 19.3 Å². The fourth-order valence-corrected chi connectivity index (χ4v) is 2.36. The van der Waals surface area contributed by atoms with E-state index < -0.39 is 5.79 Å². The summed E-state index contributed by atoms with van der Waals surface area (Å²) in [4.78, 5) is 8.49. The number of aliphatic hydroxyl groups excluding tert-OH is 1. The molecular weight excluding hydrogens is 296 g/mol. The van der Waals surface area contributed by atoms with Gasteiger partial charge in [0, 0.05) is 11.8 Å². The van der Waals surface area contributed by atoms with Crippen LogP contribution in [0.3, 0.4) is 0 Å². The van der Waals surface area contributed by atoms with Gasteiger partial charge in [-0.15, -0.1) is 0 Å². The summed E-state index contributed by atoms with van der Waals surface area (Å²) in [6, 6.07) is 9.20. The van der Waals surface area contributed by atoms with E-state index in [1.807, 2.05) is 38.1 Å². The Morgan fingerprint density at radius 3 is 2.70 bits per heavy atom. The molecule has 122 valence electrons. The predicted molar refractivity (Wildman–Crippen MR) is 83.8 cm³/mol. The molecule has 0 radical (unpaired) electrons.